The summed E-state index contributed by atoms with van der Waals surface area (Å²) in [5.74, 6) is 0.863. The molecule has 4 rings (SSSR count). The summed E-state index contributed by atoms with van der Waals surface area (Å²) in [6, 6.07) is 12.7. The number of ether oxygens (including phenoxy) is 1. The Labute approximate surface area is 178 Å². The van der Waals surface area contributed by atoms with Crippen molar-refractivity contribution in [3.63, 3.8) is 0 Å². The fourth-order valence-electron chi connectivity index (χ4n) is 3.28. The smallest absolute Gasteiger partial charge is 0.256 e. The van der Waals surface area contributed by atoms with Crippen LogP contribution >= 0.6 is 11.3 Å². The summed E-state index contributed by atoms with van der Waals surface area (Å²) in [5, 5.41) is 15.7. The van der Waals surface area contributed by atoms with Gasteiger partial charge >= 0.3 is 0 Å². The van der Waals surface area contributed by atoms with Gasteiger partial charge in [0, 0.05) is 24.1 Å². The lowest BCUT2D eigenvalue weighted by Gasteiger charge is -2.30. The molecule has 1 fully saturated rings. The molecule has 1 aliphatic heterocycles. The van der Waals surface area contributed by atoms with E-state index in [2.05, 4.69) is 21.0 Å². The molecule has 1 saturated heterocycles. The van der Waals surface area contributed by atoms with Gasteiger partial charge < -0.3 is 15.4 Å². The molecular weight excluding hydrogens is 402 g/mol. The number of benzene rings is 1. The van der Waals surface area contributed by atoms with Crippen LogP contribution < -0.4 is 20.7 Å². The molecule has 0 bridgehead atoms. The molecule has 0 radical (unpaired) electrons. The van der Waals surface area contributed by atoms with Crippen molar-refractivity contribution < 1.29 is 14.3 Å². The number of carbonyl (C=O) groups is 2. The van der Waals surface area contributed by atoms with Crippen LogP contribution in [-0.4, -0.2) is 34.2 Å². The third-order valence-corrected chi connectivity index (χ3v) is 5.55. The SMILES string of the molecule is CCOc1ccc(C(=O)Nc2cc(-c3cccs3)nn2C2NC(=O)CC(C)N2)cc1. The summed E-state index contributed by atoms with van der Waals surface area (Å²) in [7, 11) is 0. The maximum atomic E-state index is 12.8. The van der Waals surface area contributed by atoms with Crippen LogP contribution in [0, 0.1) is 0 Å². The molecule has 8 nitrogen and oxygen atoms in total. The first-order chi connectivity index (χ1) is 14.5. The lowest BCUT2D eigenvalue weighted by atomic mass is 10.2. The summed E-state index contributed by atoms with van der Waals surface area (Å²) in [6.45, 7) is 4.41. The summed E-state index contributed by atoms with van der Waals surface area (Å²) in [4.78, 5) is 25.9. The molecule has 3 aromatic rings. The Bertz CT molecular complexity index is 1030. The Kier molecular flexibility index (Phi) is 5.82. The highest BCUT2D eigenvalue weighted by atomic mass is 32.1. The number of rotatable bonds is 6. The molecule has 3 heterocycles. The number of nitrogens with zero attached hydrogens (tertiary/aromatic N) is 2. The molecule has 2 amide bonds. The van der Waals surface area contributed by atoms with Crippen molar-refractivity contribution in [3.8, 4) is 16.3 Å². The van der Waals surface area contributed by atoms with Crippen molar-refractivity contribution in [3.05, 3.63) is 53.4 Å². The number of nitrogens with one attached hydrogen (secondary N) is 3. The Balaban J connectivity index is 1.62. The first-order valence-electron chi connectivity index (χ1n) is 9.76. The van der Waals surface area contributed by atoms with Crippen molar-refractivity contribution in [2.24, 2.45) is 0 Å². The van der Waals surface area contributed by atoms with Gasteiger partial charge in [0.2, 0.25) is 5.91 Å². The number of hydrogen-bond acceptors (Lipinski definition) is 6. The Morgan fingerprint density at radius 2 is 2.13 bits per heavy atom. The maximum Gasteiger partial charge on any atom is 0.256 e. The predicted octanol–water partition coefficient (Wildman–Crippen LogP) is 3.22. The number of aromatic nitrogens is 2. The van der Waals surface area contributed by atoms with Crippen LogP contribution in [0.1, 0.15) is 36.9 Å². The van der Waals surface area contributed by atoms with Gasteiger partial charge in [-0.1, -0.05) is 6.07 Å². The predicted molar refractivity (Wildman–Crippen MR) is 115 cm³/mol. The van der Waals surface area contributed by atoms with E-state index in [9.17, 15) is 9.59 Å². The van der Waals surface area contributed by atoms with Crippen molar-refractivity contribution >= 4 is 29.0 Å². The molecule has 1 aliphatic rings. The van der Waals surface area contributed by atoms with Gasteiger partial charge in [0.1, 0.15) is 17.3 Å². The zero-order valence-corrected chi connectivity index (χ0v) is 17.5. The van der Waals surface area contributed by atoms with E-state index >= 15 is 0 Å². The summed E-state index contributed by atoms with van der Waals surface area (Å²) in [6.07, 6.45) is -0.158. The average molecular weight is 426 g/mol. The molecule has 2 unspecified atom stereocenters. The third-order valence-electron chi connectivity index (χ3n) is 4.65. The molecule has 1 aromatic carbocycles. The first kappa shape index (κ1) is 20.1. The summed E-state index contributed by atoms with van der Waals surface area (Å²) >= 11 is 1.56. The van der Waals surface area contributed by atoms with E-state index in [4.69, 9.17) is 4.74 Å². The number of thiophene rings is 1. The van der Waals surface area contributed by atoms with E-state index in [-0.39, 0.29) is 17.9 Å². The molecule has 0 aliphatic carbocycles. The summed E-state index contributed by atoms with van der Waals surface area (Å²) < 4.78 is 7.04. The van der Waals surface area contributed by atoms with E-state index in [1.54, 1.807) is 40.3 Å². The molecule has 9 heteroatoms. The highest BCUT2D eigenvalue weighted by molar-refractivity contribution is 7.13. The number of amides is 2. The van der Waals surface area contributed by atoms with Crippen LogP contribution in [-0.2, 0) is 4.79 Å². The molecule has 3 N–H and O–H groups in total. The lowest BCUT2D eigenvalue weighted by Crippen LogP contribution is -2.52. The molecule has 2 aromatic heterocycles. The zero-order chi connectivity index (χ0) is 21.1. The minimum Gasteiger partial charge on any atom is -0.494 e. The van der Waals surface area contributed by atoms with Crippen molar-refractivity contribution in [1.82, 2.24) is 20.4 Å². The van der Waals surface area contributed by atoms with Gasteiger partial charge in [-0.15, -0.1) is 11.3 Å². The standard InChI is InChI=1S/C21H23N5O3S/c1-3-29-15-8-6-14(7-9-15)20(28)23-18-12-16(17-5-4-10-30-17)25-26(18)21-22-13(2)11-19(27)24-21/h4-10,12-13,21-22H,3,11H2,1-2H3,(H,23,28)(H,24,27). The van der Waals surface area contributed by atoms with Gasteiger partial charge in [0.15, 0.2) is 6.29 Å². The van der Waals surface area contributed by atoms with Crippen molar-refractivity contribution in [1.29, 1.82) is 0 Å². The molecule has 30 heavy (non-hydrogen) atoms. The van der Waals surface area contributed by atoms with Crippen molar-refractivity contribution in [2.75, 3.05) is 11.9 Å². The van der Waals surface area contributed by atoms with Crippen LogP contribution in [0.2, 0.25) is 0 Å². The monoisotopic (exact) mass is 425 g/mol. The maximum absolute atomic E-state index is 12.8. The molecule has 0 spiro atoms. The van der Waals surface area contributed by atoms with E-state index in [0.717, 1.165) is 10.6 Å². The normalized spacial score (nSPS) is 18.7. The first-order valence-corrected chi connectivity index (χ1v) is 10.6. The fourth-order valence-corrected chi connectivity index (χ4v) is 3.96. The quantitative estimate of drug-likeness (QED) is 0.563. The van der Waals surface area contributed by atoms with Crippen LogP contribution in [0.3, 0.4) is 0 Å². The van der Waals surface area contributed by atoms with Crippen LogP contribution in [0.25, 0.3) is 10.6 Å². The molecule has 2 atom stereocenters. The van der Waals surface area contributed by atoms with Crippen LogP contribution in [0.4, 0.5) is 5.82 Å². The van der Waals surface area contributed by atoms with Gasteiger partial charge in [-0.2, -0.15) is 5.10 Å². The topological polar surface area (TPSA) is 97.3 Å². The largest absolute Gasteiger partial charge is 0.494 e. The Morgan fingerprint density at radius 1 is 1.33 bits per heavy atom. The third kappa shape index (κ3) is 4.37. The number of anilines is 1. The van der Waals surface area contributed by atoms with E-state index in [0.29, 0.717) is 30.2 Å². The number of hydrogen-bond donors (Lipinski definition) is 3. The Hall–Kier alpha value is -3.17. The van der Waals surface area contributed by atoms with Gasteiger partial charge in [-0.05, 0) is 49.6 Å². The van der Waals surface area contributed by atoms with Gasteiger partial charge in [-0.3, -0.25) is 14.9 Å². The number of carbonyl (C=O) groups excluding carboxylic acids is 2. The van der Waals surface area contributed by atoms with E-state index in [1.807, 2.05) is 37.4 Å². The second-order valence-corrected chi connectivity index (χ2v) is 7.94. The Morgan fingerprint density at radius 3 is 2.80 bits per heavy atom. The second-order valence-electron chi connectivity index (χ2n) is 6.99. The summed E-state index contributed by atoms with van der Waals surface area (Å²) in [5.41, 5.74) is 1.22. The zero-order valence-electron chi connectivity index (χ0n) is 16.7. The molecule has 0 saturated carbocycles. The van der Waals surface area contributed by atoms with Gasteiger partial charge in [0.25, 0.3) is 5.91 Å². The van der Waals surface area contributed by atoms with Gasteiger partial charge in [0.05, 0.1) is 11.5 Å². The minimum absolute atomic E-state index is 0.00667. The van der Waals surface area contributed by atoms with E-state index in [1.165, 1.54) is 0 Å². The fraction of sp³-hybridized carbons (Fsp3) is 0.286. The van der Waals surface area contributed by atoms with Crippen molar-refractivity contribution in [2.45, 2.75) is 32.6 Å². The lowest BCUT2D eigenvalue weighted by molar-refractivity contribution is -0.125. The highest BCUT2D eigenvalue weighted by Crippen LogP contribution is 2.28. The van der Waals surface area contributed by atoms with Crippen LogP contribution in [0.15, 0.2) is 47.8 Å². The minimum atomic E-state index is -0.550. The van der Waals surface area contributed by atoms with Crippen LogP contribution in [0.5, 0.6) is 5.75 Å². The second kappa shape index (κ2) is 8.68. The highest BCUT2D eigenvalue weighted by Gasteiger charge is 2.27. The molecular formula is C21H23N5O3S. The molecule has 156 valence electrons. The average Bonchev–Trinajstić information content (AvgIpc) is 3.38. The van der Waals surface area contributed by atoms with E-state index < -0.39 is 6.29 Å². The van der Waals surface area contributed by atoms with Gasteiger partial charge in [-0.25, -0.2) is 4.68 Å².